The number of aromatic nitrogens is 2. The highest BCUT2D eigenvalue weighted by molar-refractivity contribution is 5.93. The van der Waals surface area contributed by atoms with Crippen LogP contribution in [-0.2, 0) is 19.7 Å². The number of fused-ring (bicyclic) bond motifs is 1. The molecule has 0 atom stereocenters. The molecule has 1 aliphatic rings. The molecule has 2 heterocycles. The lowest BCUT2D eigenvalue weighted by atomic mass is 9.96. The van der Waals surface area contributed by atoms with Gasteiger partial charge in [-0.3, -0.25) is 4.79 Å². The summed E-state index contributed by atoms with van der Waals surface area (Å²) in [4.78, 5) is 20.1. The molecule has 2 N–H and O–H groups in total. The quantitative estimate of drug-likeness (QED) is 0.871. The van der Waals surface area contributed by atoms with Crippen molar-refractivity contribution >= 4 is 22.6 Å². The average Bonchev–Trinajstić information content (AvgIpc) is 2.99. The minimum Gasteiger partial charge on any atom is -0.381 e. The van der Waals surface area contributed by atoms with Gasteiger partial charge in [0.1, 0.15) is 5.82 Å². The van der Waals surface area contributed by atoms with Gasteiger partial charge in [0.15, 0.2) is 0 Å². The minimum atomic E-state index is -0.0398. The second-order valence-electron chi connectivity index (χ2n) is 7.55. The number of carbonyl (C=O) groups excluding carboxylic acids is 1. The molecule has 0 unspecified atom stereocenters. The van der Waals surface area contributed by atoms with Crippen molar-refractivity contribution in [2.45, 2.75) is 51.6 Å². The van der Waals surface area contributed by atoms with Crippen LogP contribution in [0.1, 0.15) is 45.9 Å². The summed E-state index contributed by atoms with van der Waals surface area (Å²) in [6.45, 7) is 8.29. The van der Waals surface area contributed by atoms with E-state index < -0.39 is 0 Å². The minimum absolute atomic E-state index is 0.0378. The molecule has 1 aromatic carbocycles. The van der Waals surface area contributed by atoms with Gasteiger partial charge in [0.25, 0.3) is 0 Å². The predicted octanol–water partition coefficient (Wildman–Crippen LogP) is 3.38. The molecule has 2 aromatic rings. The number of aromatic amines is 1. The molecule has 3 rings (SSSR count). The Morgan fingerprint density at radius 2 is 2.12 bits per heavy atom. The molecule has 0 saturated carbocycles. The number of amides is 1. The van der Waals surface area contributed by atoms with Gasteiger partial charge in [-0.25, -0.2) is 4.98 Å². The van der Waals surface area contributed by atoms with Crippen molar-refractivity contribution in [1.82, 2.24) is 9.97 Å². The first-order valence-electron chi connectivity index (χ1n) is 8.91. The summed E-state index contributed by atoms with van der Waals surface area (Å²) in [6, 6.07) is 5.73. The first-order chi connectivity index (χ1) is 11.9. The van der Waals surface area contributed by atoms with Crippen LogP contribution in [0.4, 0.5) is 5.69 Å². The highest BCUT2D eigenvalue weighted by atomic mass is 16.5. The van der Waals surface area contributed by atoms with Crippen LogP contribution in [0.5, 0.6) is 0 Å². The van der Waals surface area contributed by atoms with Gasteiger partial charge < -0.3 is 19.8 Å². The summed E-state index contributed by atoms with van der Waals surface area (Å²) in [5.41, 5.74) is 2.57. The van der Waals surface area contributed by atoms with Gasteiger partial charge in [-0.2, -0.15) is 0 Å². The number of H-pyrrole nitrogens is 1. The Hall–Kier alpha value is -1.92. The number of imidazole rings is 1. The first kappa shape index (κ1) is 17.9. The summed E-state index contributed by atoms with van der Waals surface area (Å²) in [5.74, 6) is 0.901. The molecule has 0 bridgehead atoms. The van der Waals surface area contributed by atoms with Crippen LogP contribution in [0, 0.1) is 0 Å². The lowest BCUT2D eigenvalue weighted by Crippen LogP contribution is -2.25. The van der Waals surface area contributed by atoms with E-state index in [1.165, 1.54) is 0 Å². The van der Waals surface area contributed by atoms with E-state index in [-0.39, 0.29) is 17.4 Å². The fraction of sp³-hybridized carbons (Fsp3) is 0.579. The zero-order valence-electron chi connectivity index (χ0n) is 15.2. The maximum absolute atomic E-state index is 12.1. The molecule has 1 aliphatic heterocycles. The topological polar surface area (TPSA) is 76.2 Å². The lowest BCUT2D eigenvalue weighted by molar-refractivity contribution is -0.118. The fourth-order valence-corrected chi connectivity index (χ4v) is 2.83. The van der Waals surface area contributed by atoms with Crippen LogP contribution < -0.4 is 5.32 Å². The van der Waals surface area contributed by atoms with Crippen molar-refractivity contribution in [3.63, 3.8) is 0 Å². The van der Waals surface area contributed by atoms with E-state index in [4.69, 9.17) is 9.47 Å². The average molecular weight is 345 g/mol. The molecule has 25 heavy (non-hydrogen) atoms. The number of anilines is 1. The maximum Gasteiger partial charge on any atom is 0.226 e. The Kier molecular flexibility index (Phi) is 5.39. The fourth-order valence-electron chi connectivity index (χ4n) is 2.83. The molecule has 1 fully saturated rings. The van der Waals surface area contributed by atoms with Crippen LogP contribution in [-0.4, -0.2) is 41.8 Å². The monoisotopic (exact) mass is 345 g/mol. The van der Waals surface area contributed by atoms with Crippen molar-refractivity contribution in [2.24, 2.45) is 0 Å². The maximum atomic E-state index is 12.1. The van der Waals surface area contributed by atoms with Gasteiger partial charge in [0.2, 0.25) is 5.91 Å². The first-order valence-corrected chi connectivity index (χ1v) is 8.91. The number of nitrogens with one attached hydrogen (secondary N) is 2. The largest absolute Gasteiger partial charge is 0.381 e. The van der Waals surface area contributed by atoms with Crippen LogP contribution in [0.2, 0.25) is 0 Å². The summed E-state index contributed by atoms with van der Waals surface area (Å²) in [5, 5.41) is 2.93. The van der Waals surface area contributed by atoms with Crippen LogP contribution in [0.15, 0.2) is 18.2 Å². The summed E-state index contributed by atoms with van der Waals surface area (Å²) >= 11 is 0. The van der Waals surface area contributed by atoms with E-state index >= 15 is 0 Å². The SMILES string of the molecule is CC(C)(C)c1nc2ccc(NC(=O)CCOC3CCOCC3)cc2[nH]1. The van der Waals surface area contributed by atoms with Gasteiger partial charge in [-0.15, -0.1) is 0 Å². The van der Waals surface area contributed by atoms with Crippen molar-refractivity contribution in [2.75, 3.05) is 25.1 Å². The number of rotatable bonds is 5. The van der Waals surface area contributed by atoms with Gasteiger partial charge in [-0.1, -0.05) is 20.8 Å². The van der Waals surface area contributed by atoms with Crippen molar-refractivity contribution in [1.29, 1.82) is 0 Å². The molecule has 136 valence electrons. The smallest absolute Gasteiger partial charge is 0.226 e. The molecule has 1 saturated heterocycles. The molecule has 0 spiro atoms. The highest BCUT2D eigenvalue weighted by Gasteiger charge is 2.18. The number of benzene rings is 1. The number of hydrogen-bond donors (Lipinski definition) is 2. The van der Waals surface area contributed by atoms with Crippen molar-refractivity contribution in [3.05, 3.63) is 24.0 Å². The van der Waals surface area contributed by atoms with Crippen LogP contribution >= 0.6 is 0 Å². The molecule has 6 nitrogen and oxygen atoms in total. The summed E-state index contributed by atoms with van der Waals surface area (Å²) in [7, 11) is 0. The van der Waals surface area contributed by atoms with Gasteiger partial charge >= 0.3 is 0 Å². The predicted molar refractivity (Wildman–Crippen MR) is 97.8 cm³/mol. The van der Waals surface area contributed by atoms with E-state index in [1.54, 1.807) is 0 Å². The number of carbonyl (C=O) groups is 1. The van der Waals surface area contributed by atoms with Gasteiger partial charge in [0.05, 0.1) is 30.2 Å². The summed E-state index contributed by atoms with van der Waals surface area (Å²) in [6.07, 6.45) is 2.40. The number of hydrogen-bond acceptors (Lipinski definition) is 4. The van der Waals surface area contributed by atoms with E-state index in [1.807, 2.05) is 18.2 Å². The standard InChI is InChI=1S/C19H27N3O3/c1-19(2,3)18-21-15-5-4-13(12-16(15)22-18)20-17(23)8-11-25-14-6-9-24-10-7-14/h4-5,12,14H,6-11H2,1-3H3,(H,20,23)(H,21,22). The van der Waals surface area contributed by atoms with E-state index in [0.29, 0.717) is 13.0 Å². The Morgan fingerprint density at radius 1 is 1.36 bits per heavy atom. The second kappa shape index (κ2) is 7.54. The molecular formula is C19H27N3O3. The Morgan fingerprint density at radius 3 is 2.84 bits per heavy atom. The lowest BCUT2D eigenvalue weighted by Gasteiger charge is -2.22. The molecule has 6 heteroatoms. The molecule has 0 radical (unpaired) electrons. The number of ether oxygens (including phenoxy) is 2. The normalized spacial score (nSPS) is 16.3. The molecule has 1 aromatic heterocycles. The zero-order valence-corrected chi connectivity index (χ0v) is 15.2. The van der Waals surface area contributed by atoms with E-state index in [0.717, 1.165) is 48.6 Å². The van der Waals surface area contributed by atoms with Crippen molar-refractivity contribution < 1.29 is 14.3 Å². The van der Waals surface area contributed by atoms with Crippen LogP contribution in [0.3, 0.4) is 0 Å². The summed E-state index contributed by atoms with van der Waals surface area (Å²) < 4.78 is 11.0. The van der Waals surface area contributed by atoms with Gasteiger partial charge in [-0.05, 0) is 31.0 Å². The second-order valence-corrected chi connectivity index (χ2v) is 7.55. The molecule has 1 amide bonds. The Labute approximate surface area is 148 Å². The molecular weight excluding hydrogens is 318 g/mol. The third-order valence-electron chi connectivity index (χ3n) is 4.33. The van der Waals surface area contributed by atoms with Gasteiger partial charge in [0, 0.05) is 24.3 Å². The van der Waals surface area contributed by atoms with E-state index in [2.05, 4.69) is 36.1 Å². The Balaban J connectivity index is 1.53. The highest BCUT2D eigenvalue weighted by Crippen LogP contribution is 2.24. The van der Waals surface area contributed by atoms with Crippen LogP contribution in [0.25, 0.3) is 11.0 Å². The molecule has 0 aliphatic carbocycles. The Bertz CT molecular complexity index is 727. The van der Waals surface area contributed by atoms with E-state index in [9.17, 15) is 4.79 Å². The number of nitrogens with zero attached hydrogens (tertiary/aromatic N) is 1. The third-order valence-corrected chi connectivity index (χ3v) is 4.33. The van der Waals surface area contributed by atoms with Crippen molar-refractivity contribution in [3.8, 4) is 0 Å². The zero-order chi connectivity index (χ0) is 17.9. The third kappa shape index (κ3) is 4.80.